The zero-order valence-electron chi connectivity index (χ0n) is 10.3. The first kappa shape index (κ1) is 12.5. The highest BCUT2D eigenvalue weighted by atomic mass is 35.5. The lowest BCUT2D eigenvalue weighted by molar-refractivity contribution is 0.683. The van der Waals surface area contributed by atoms with Gasteiger partial charge in [0.05, 0.1) is 15.7 Å². The summed E-state index contributed by atoms with van der Waals surface area (Å²) in [7, 11) is 0.775. The summed E-state index contributed by atoms with van der Waals surface area (Å²) in [4.78, 5) is 1.60. The smallest absolute Gasteiger partial charge is 0.0871 e. The fourth-order valence-corrected chi connectivity index (χ4v) is 3.53. The van der Waals surface area contributed by atoms with Gasteiger partial charge in [-0.1, -0.05) is 29.8 Å². The fraction of sp³-hybridized carbons (Fsp3) is 0.0667. The Balaban J connectivity index is 2.14. The standard InChI is InChI=1S/C15H12ClNOS/c1-17-10-15(13-4-2-3-5-14(13)17)19(18)12-8-6-11(16)7-9-12/h2-10H,1H3. The summed E-state index contributed by atoms with van der Waals surface area (Å²) in [5.74, 6) is 0. The zero-order valence-corrected chi connectivity index (χ0v) is 11.9. The van der Waals surface area contributed by atoms with E-state index in [-0.39, 0.29) is 0 Å². The molecule has 96 valence electrons. The molecular weight excluding hydrogens is 278 g/mol. The number of hydrogen-bond donors (Lipinski definition) is 0. The summed E-state index contributed by atoms with van der Waals surface area (Å²) in [5, 5.41) is 1.68. The predicted octanol–water partition coefficient (Wildman–Crippen LogP) is 4.00. The predicted molar refractivity (Wildman–Crippen MR) is 79.0 cm³/mol. The molecule has 1 atom stereocenters. The minimum atomic E-state index is -1.19. The van der Waals surface area contributed by atoms with Crippen LogP contribution in [-0.4, -0.2) is 8.78 Å². The van der Waals surface area contributed by atoms with Gasteiger partial charge in [-0.25, -0.2) is 4.21 Å². The summed E-state index contributed by atoms with van der Waals surface area (Å²) in [6.07, 6.45) is 1.93. The maximum atomic E-state index is 12.6. The van der Waals surface area contributed by atoms with Crippen molar-refractivity contribution in [3.8, 4) is 0 Å². The molecule has 0 spiro atoms. The van der Waals surface area contributed by atoms with Crippen LogP contribution < -0.4 is 0 Å². The Kier molecular flexibility index (Phi) is 3.17. The van der Waals surface area contributed by atoms with Crippen LogP contribution in [0.5, 0.6) is 0 Å². The number of aryl methyl sites for hydroxylation is 1. The highest BCUT2D eigenvalue weighted by Gasteiger charge is 2.13. The van der Waals surface area contributed by atoms with Crippen LogP contribution >= 0.6 is 11.6 Å². The molecule has 0 N–H and O–H groups in total. The number of hydrogen-bond acceptors (Lipinski definition) is 1. The molecule has 0 aliphatic rings. The molecule has 2 aromatic carbocycles. The minimum Gasteiger partial charge on any atom is -0.349 e. The number of aromatic nitrogens is 1. The second-order valence-electron chi connectivity index (χ2n) is 4.34. The van der Waals surface area contributed by atoms with Crippen molar-refractivity contribution in [2.24, 2.45) is 7.05 Å². The van der Waals surface area contributed by atoms with Gasteiger partial charge in [0.15, 0.2) is 0 Å². The van der Waals surface area contributed by atoms with E-state index in [4.69, 9.17) is 11.6 Å². The number of nitrogens with zero attached hydrogens (tertiary/aromatic N) is 1. The van der Waals surface area contributed by atoms with Gasteiger partial charge >= 0.3 is 0 Å². The third kappa shape index (κ3) is 2.20. The summed E-state index contributed by atoms with van der Waals surface area (Å²) in [6.45, 7) is 0. The Bertz CT molecular complexity index is 761. The van der Waals surface area contributed by atoms with Gasteiger partial charge in [0.25, 0.3) is 0 Å². The van der Waals surface area contributed by atoms with E-state index < -0.39 is 10.8 Å². The molecule has 0 saturated heterocycles. The maximum Gasteiger partial charge on any atom is 0.0871 e. The number of rotatable bonds is 2. The lowest BCUT2D eigenvalue weighted by Crippen LogP contribution is -1.91. The molecular formula is C15H12ClNOS. The topological polar surface area (TPSA) is 22.0 Å². The second kappa shape index (κ2) is 4.83. The van der Waals surface area contributed by atoms with Crippen molar-refractivity contribution in [1.29, 1.82) is 0 Å². The second-order valence-corrected chi connectivity index (χ2v) is 6.23. The molecule has 0 radical (unpaired) electrons. The molecule has 1 heterocycles. The van der Waals surface area contributed by atoms with Gasteiger partial charge in [-0.2, -0.15) is 0 Å². The molecule has 0 amide bonds. The molecule has 0 aliphatic carbocycles. The number of benzene rings is 2. The summed E-state index contributed by atoms with van der Waals surface area (Å²) >= 11 is 5.86. The van der Waals surface area contributed by atoms with Gasteiger partial charge in [0, 0.05) is 34.1 Å². The van der Waals surface area contributed by atoms with E-state index in [1.165, 1.54) is 0 Å². The van der Waals surface area contributed by atoms with Crippen LogP contribution in [0.2, 0.25) is 5.02 Å². The van der Waals surface area contributed by atoms with E-state index in [1.54, 1.807) is 24.3 Å². The van der Waals surface area contributed by atoms with Crippen LogP contribution in [0.25, 0.3) is 10.9 Å². The third-order valence-corrected chi connectivity index (χ3v) is 4.76. The SMILES string of the molecule is Cn1cc(S(=O)c2ccc(Cl)cc2)c2ccccc21. The minimum absolute atomic E-state index is 0.652. The van der Waals surface area contributed by atoms with Crippen molar-refractivity contribution in [2.45, 2.75) is 9.79 Å². The van der Waals surface area contributed by atoms with Crippen molar-refractivity contribution in [3.63, 3.8) is 0 Å². The van der Waals surface area contributed by atoms with Gasteiger partial charge in [-0.05, 0) is 30.3 Å². The van der Waals surface area contributed by atoms with Crippen LogP contribution in [0.3, 0.4) is 0 Å². The Morgan fingerprint density at radius 2 is 1.74 bits per heavy atom. The fourth-order valence-electron chi connectivity index (χ4n) is 2.14. The Morgan fingerprint density at radius 3 is 2.47 bits per heavy atom. The van der Waals surface area contributed by atoms with E-state index in [2.05, 4.69) is 0 Å². The molecule has 1 unspecified atom stereocenters. The molecule has 0 saturated carbocycles. The molecule has 19 heavy (non-hydrogen) atoms. The molecule has 3 aromatic rings. The van der Waals surface area contributed by atoms with Crippen LogP contribution in [0, 0.1) is 0 Å². The van der Waals surface area contributed by atoms with Crippen LogP contribution in [0.4, 0.5) is 0 Å². The van der Waals surface area contributed by atoms with Crippen molar-refractivity contribution in [2.75, 3.05) is 0 Å². The zero-order chi connectivity index (χ0) is 13.4. The Hall–Kier alpha value is -1.58. The Labute approximate surface area is 119 Å². The van der Waals surface area contributed by atoms with E-state index in [9.17, 15) is 4.21 Å². The summed E-state index contributed by atoms with van der Waals surface area (Å²) in [6, 6.07) is 15.1. The van der Waals surface area contributed by atoms with E-state index in [0.29, 0.717) is 5.02 Å². The summed E-state index contributed by atoms with van der Waals surface area (Å²) < 4.78 is 14.6. The molecule has 4 heteroatoms. The molecule has 0 bridgehead atoms. The quantitative estimate of drug-likeness (QED) is 0.699. The average Bonchev–Trinajstić information content (AvgIpc) is 2.77. The van der Waals surface area contributed by atoms with Crippen molar-refractivity contribution in [3.05, 3.63) is 59.8 Å². The van der Waals surface area contributed by atoms with E-state index >= 15 is 0 Å². The monoisotopic (exact) mass is 289 g/mol. The molecule has 0 fully saturated rings. The van der Waals surface area contributed by atoms with Crippen LogP contribution in [0.15, 0.2) is 64.5 Å². The number of halogens is 1. The molecule has 0 aliphatic heterocycles. The Morgan fingerprint density at radius 1 is 1.05 bits per heavy atom. The number of fused-ring (bicyclic) bond motifs is 1. The largest absolute Gasteiger partial charge is 0.349 e. The van der Waals surface area contributed by atoms with Crippen molar-refractivity contribution in [1.82, 2.24) is 4.57 Å². The van der Waals surface area contributed by atoms with E-state index in [0.717, 1.165) is 20.7 Å². The average molecular weight is 290 g/mol. The normalized spacial score (nSPS) is 12.7. The van der Waals surface area contributed by atoms with Gasteiger partial charge in [-0.3, -0.25) is 0 Å². The first-order valence-electron chi connectivity index (χ1n) is 5.88. The first-order valence-corrected chi connectivity index (χ1v) is 7.41. The van der Waals surface area contributed by atoms with Gasteiger partial charge in [-0.15, -0.1) is 0 Å². The van der Waals surface area contributed by atoms with Gasteiger partial charge in [0.2, 0.25) is 0 Å². The van der Waals surface area contributed by atoms with E-state index in [1.807, 2.05) is 42.1 Å². The van der Waals surface area contributed by atoms with Crippen LogP contribution in [0.1, 0.15) is 0 Å². The third-order valence-electron chi connectivity index (χ3n) is 3.09. The van der Waals surface area contributed by atoms with Gasteiger partial charge < -0.3 is 4.57 Å². The lowest BCUT2D eigenvalue weighted by atomic mass is 10.2. The highest BCUT2D eigenvalue weighted by Crippen LogP contribution is 2.27. The molecule has 3 rings (SSSR count). The molecule has 1 aromatic heterocycles. The van der Waals surface area contributed by atoms with Crippen molar-refractivity contribution >= 4 is 33.3 Å². The molecule has 2 nitrogen and oxygen atoms in total. The van der Waals surface area contributed by atoms with Gasteiger partial charge in [0.1, 0.15) is 0 Å². The maximum absolute atomic E-state index is 12.6. The number of para-hydroxylation sites is 1. The highest BCUT2D eigenvalue weighted by molar-refractivity contribution is 7.85. The lowest BCUT2D eigenvalue weighted by Gasteiger charge is -2.01. The first-order chi connectivity index (χ1) is 9.16. The van der Waals surface area contributed by atoms with Crippen molar-refractivity contribution < 1.29 is 4.21 Å². The summed E-state index contributed by atoms with van der Waals surface area (Å²) in [5.41, 5.74) is 1.08. The van der Waals surface area contributed by atoms with Crippen LogP contribution in [-0.2, 0) is 17.8 Å².